The molecule has 0 unspecified atom stereocenters. The highest BCUT2D eigenvalue weighted by Crippen LogP contribution is 2.31. The molecule has 2 aromatic carbocycles. The van der Waals surface area contributed by atoms with Crippen molar-refractivity contribution < 1.29 is 4.79 Å². The van der Waals surface area contributed by atoms with Crippen LogP contribution in [0.1, 0.15) is 32.3 Å². The molecule has 0 radical (unpaired) electrons. The monoisotopic (exact) mass is 352 g/mol. The number of rotatable bonds is 6. The maximum Gasteiger partial charge on any atom is 0.323 e. The van der Waals surface area contributed by atoms with Gasteiger partial charge in [-0.05, 0) is 38.5 Å². The van der Waals surface area contributed by atoms with Crippen molar-refractivity contribution in [2.75, 3.05) is 23.3 Å². The molecule has 136 valence electrons. The third kappa shape index (κ3) is 3.49. The lowest BCUT2D eigenvalue weighted by atomic mass is 10.0. The molecule has 0 spiro atoms. The van der Waals surface area contributed by atoms with Crippen LogP contribution in [0.5, 0.6) is 0 Å². The number of amides is 1. The summed E-state index contributed by atoms with van der Waals surface area (Å²) >= 11 is 0. The minimum atomic E-state index is -0.276. The summed E-state index contributed by atoms with van der Waals surface area (Å²) in [4.78, 5) is 32.1. The Balaban J connectivity index is 1.98. The Hall–Kier alpha value is -3.02. The van der Waals surface area contributed by atoms with Crippen LogP contribution in [0.3, 0.4) is 0 Å². The molecule has 26 heavy (non-hydrogen) atoms. The molecule has 0 saturated carbocycles. The van der Waals surface area contributed by atoms with Crippen LogP contribution in [0.2, 0.25) is 0 Å². The number of aromatic nitrogens is 2. The zero-order valence-corrected chi connectivity index (χ0v) is 15.3. The molecule has 6 heteroatoms. The van der Waals surface area contributed by atoms with E-state index in [1.54, 1.807) is 0 Å². The number of carbonyl (C=O) groups is 1. The summed E-state index contributed by atoms with van der Waals surface area (Å²) in [6, 6.07) is 13.4. The van der Waals surface area contributed by atoms with E-state index < -0.39 is 0 Å². The number of H-pyrrole nitrogens is 2. The van der Waals surface area contributed by atoms with Gasteiger partial charge in [-0.2, -0.15) is 0 Å². The average Bonchev–Trinajstić information content (AvgIpc) is 3.01. The molecule has 0 aliphatic heterocycles. The highest BCUT2D eigenvalue weighted by atomic mass is 16.2. The first-order chi connectivity index (χ1) is 12.5. The van der Waals surface area contributed by atoms with E-state index >= 15 is 0 Å². The van der Waals surface area contributed by atoms with Gasteiger partial charge in [0.15, 0.2) is 0 Å². The molecule has 3 rings (SSSR count). The van der Waals surface area contributed by atoms with Crippen LogP contribution in [0.25, 0.3) is 11.0 Å². The third-order valence-electron chi connectivity index (χ3n) is 4.69. The topological polar surface area (TPSA) is 81.0 Å². The fraction of sp³-hybridized carbons (Fsp3) is 0.300. The Morgan fingerprint density at radius 1 is 1.08 bits per heavy atom. The Morgan fingerprint density at radius 2 is 1.69 bits per heavy atom. The van der Waals surface area contributed by atoms with Crippen molar-refractivity contribution in [2.24, 2.45) is 0 Å². The van der Waals surface area contributed by atoms with Gasteiger partial charge in [0.2, 0.25) is 5.91 Å². The maximum atomic E-state index is 12.8. The summed E-state index contributed by atoms with van der Waals surface area (Å²) in [5.41, 5.74) is 3.70. The van der Waals surface area contributed by atoms with E-state index in [0.29, 0.717) is 11.2 Å². The van der Waals surface area contributed by atoms with Crippen LogP contribution in [-0.4, -0.2) is 29.0 Å². The Kier molecular flexibility index (Phi) is 5.11. The number of nitrogens with zero attached hydrogens (tertiary/aromatic N) is 1. The Morgan fingerprint density at radius 3 is 2.31 bits per heavy atom. The average molecular weight is 352 g/mol. The van der Waals surface area contributed by atoms with Crippen LogP contribution in [0, 0.1) is 0 Å². The quantitative estimate of drug-likeness (QED) is 0.636. The molecule has 3 N–H and O–H groups in total. The van der Waals surface area contributed by atoms with Gasteiger partial charge in [0.05, 0.1) is 28.3 Å². The van der Waals surface area contributed by atoms with Crippen molar-refractivity contribution in [3.8, 4) is 0 Å². The van der Waals surface area contributed by atoms with Crippen LogP contribution < -0.4 is 15.9 Å². The van der Waals surface area contributed by atoms with Gasteiger partial charge in [-0.15, -0.1) is 0 Å². The smallest absolute Gasteiger partial charge is 0.323 e. The Bertz CT molecular complexity index is 955. The molecule has 1 amide bonds. The van der Waals surface area contributed by atoms with Crippen LogP contribution >= 0.6 is 0 Å². The highest BCUT2D eigenvalue weighted by molar-refractivity contribution is 6.01. The van der Waals surface area contributed by atoms with Gasteiger partial charge in [0.1, 0.15) is 0 Å². The van der Waals surface area contributed by atoms with Crippen molar-refractivity contribution in [3.63, 3.8) is 0 Å². The van der Waals surface area contributed by atoms with Crippen molar-refractivity contribution in [1.82, 2.24) is 9.97 Å². The van der Waals surface area contributed by atoms with E-state index in [2.05, 4.69) is 34.0 Å². The first-order valence-electron chi connectivity index (χ1n) is 8.90. The fourth-order valence-electron chi connectivity index (χ4n) is 3.13. The van der Waals surface area contributed by atoms with E-state index in [-0.39, 0.29) is 17.5 Å². The number of aromatic amines is 2. The van der Waals surface area contributed by atoms with E-state index in [0.717, 1.165) is 29.9 Å². The summed E-state index contributed by atoms with van der Waals surface area (Å²) in [6.07, 6.45) is 0. The molecule has 0 bridgehead atoms. The molecular weight excluding hydrogens is 328 g/mol. The lowest BCUT2D eigenvalue weighted by molar-refractivity contribution is -0.117. The molecule has 0 aliphatic carbocycles. The molecule has 1 aromatic heterocycles. The van der Waals surface area contributed by atoms with Crippen molar-refractivity contribution >= 4 is 28.3 Å². The summed E-state index contributed by atoms with van der Waals surface area (Å²) < 4.78 is 0. The molecule has 0 aliphatic rings. The summed E-state index contributed by atoms with van der Waals surface area (Å²) in [7, 11) is 0. The second-order valence-corrected chi connectivity index (χ2v) is 6.29. The standard InChI is InChI=1S/C20H24N4O2/c1-4-24(5-2)18-12-16-15(22-20(26)23-16)11-17(18)21-19(25)13(3)14-9-7-6-8-10-14/h6-13H,4-5H2,1-3H3,(H,21,25)(H2,22,23,26)/t13-/m1/s1. The minimum Gasteiger partial charge on any atom is -0.370 e. The molecule has 3 aromatic rings. The predicted molar refractivity (Wildman–Crippen MR) is 106 cm³/mol. The zero-order valence-electron chi connectivity index (χ0n) is 15.3. The number of benzene rings is 2. The molecule has 1 atom stereocenters. The maximum absolute atomic E-state index is 12.8. The predicted octanol–water partition coefficient (Wildman–Crippen LogP) is 3.44. The lowest BCUT2D eigenvalue weighted by Gasteiger charge is -2.25. The van der Waals surface area contributed by atoms with Gasteiger partial charge < -0.3 is 20.2 Å². The minimum absolute atomic E-state index is 0.0816. The summed E-state index contributed by atoms with van der Waals surface area (Å²) in [5.74, 6) is -0.358. The Labute approximate surface area is 152 Å². The van der Waals surface area contributed by atoms with Gasteiger partial charge in [-0.25, -0.2) is 4.79 Å². The molecule has 0 saturated heterocycles. The molecule has 6 nitrogen and oxygen atoms in total. The second-order valence-electron chi connectivity index (χ2n) is 6.29. The number of fused-ring (bicyclic) bond motifs is 1. The van der Waals surface area contributed by atoms with E-state index in [4.69, 9.17) is 0 Å². The first-order valence-corrected chi connectivity index (χ1v) is 8.90. The van der Waals surface area contributed by atoms with E-state index in [1.165, 1.54) is 0 Å². The number of anilines is 2. The SMILES string of the molecule is CCN(CC)c1cc2[nH]c(=O)[nH]c2cc1NC(=O)[C@H](C)c1ccccc1. The van der Waals surface area contributed by atoms with Gasteiger partial charge in [0.25, 0.3) is 0 Å². The molecule has 1 heterocycles. The number of nitrogens with one attached hydrogen (secondary N) is 3. The number of hydrogen-bond donors (Lipinski definition) is 3. The summed E-state index contributed by atoms with van der Waals surface area (Å²) in [5, 5.41) is 3.04. The zero-order chi connectivity index (χ0) is 18.7. The normalized spacial score (nSPS) is 12.1. The van der Waals surface area contributed by atoms with Crippen LogP contribution in [0.4, 0.5) is 11.4 Å². The summed E-state index contributed by atoms with van der Waals surface area (Å²) in [6.45, 7) is 7.61. The molecular formula is C20H24N4O2. The number of carbonyl (C=O) groups excluding carboxylic acids is 1. The fourth-order valence-corrected chi connectivity index (χ4v) is 3.13. The van der Waals surface area contributed by atoms with E-state index in [9.17, 15) is 9.59 Å². The van der Waals surface area contributed by atoms with Crippen LogP contribution in [-0.2, 0) is 4.79 Å². The van der Waals surface area contributed by atoms with Gasteiger partial charge in [-0.1, -0.05) is 30.3 Å². The van der Waals surface area contributed by atoms with Crippen molar-refractivity contribution in [1.29, 1.82) is 0 Å². The largest absolute Gasteiger partial charge is 0.370 e. The second kappa shape index (κ2) is 7.47. The number of imidazole rings is 1. The van der Waals surface area contributed by atoms with Gasteiger partial charge in [0, 0.05) is 13.1 Å². The lowest BCUT2D eigenvalue weighted by Crippen LogP contribution is -2.25. The van der Waals surface area contributed by atoms with Crippen molar-refractivity contribution in [3.05, 3.63) is 58.5 Å². The van der Waals surface area contributed by atoms with Gasteiger partial charge in [-0.3, -0.25) is 4.79 Å². The van der Waals surface area contributed by atoms with Crippen molar-refractivity contribution in [2.45, 2.75) is 26.7 Å². The first kappa shape index (κ1) is 17.8. The highest BCUT2D eigenvalue weighted by Gasteiger charge is 2.19. The molecule has 0 fully saturated rings. The van der Waals surface area contributed by atoms with Crippen LogP contribution in [0.15, 0.2) is 47.3 Å². The number of hydrogen-bond acceptors (Lipinski definition) is 3. The van der Waals surface area contributed by atoms with Gasteiger partial charge >= 0.3 is 5.69 Å². The van der Waals surface area contributed by atoms with E-state index in [1.807, 2.05) is 49.4 Å². The third-order valence-corrected chi connectivity index (χ3v) is 4.69.